The zero-order valence-corrected chi connectivity index (χ0v) is 18.6. The summed E-state index contributed by atoms with van der Waals surface area (Å²) in [6, 6.07) is 11.1. The van der Waals surface area contributed by atoms with Gasteiger partial charge in [0.05, 0.1) is 18.4 Å². The summed E-state index contributed by atoms with van der Waals surface area (Å²) in [5.41, 5.74) is 1.64. The van der Waals surface area contributed by atoms with E-state index in [2.05, 4.69) is 16.4 Å². The highest BCUT2D eigenvalue weighted by molar-refractivity contribution is 6.30. The van der Waals surface area contributed by atoms with E-state index in [4.69, 9.17) is 11.6 Å². The predicted octanol–water partition coefficient (Wildman–Crippen LogP) is 4.76. The van der Waals surface area contributed by atoms with Gasteiger partial charge in [0.15, 0.2) is 0 Å². The van der Waals surface area contributed by atoms with Gasteiger partial charge in [0.1, 0.15) is 5.82 Å². The van der Waals surface area contributed by atoms with Crippen LogP contribution in [0.3, 0.4) is 0 Å². The summed E-state index contributed by atoms with van der Waals surface area (Å²) < 4.78 is 13.6. The maximum Gasteiger partial charge on any atom is 0.141 e. The van der Waals surface area contributed by atoms with Crippen LogP contribution in [0.25, 0.3) is 0 Å². The summed E-state index contributed by atoms with van der Waals surface area (Å²) in [6.07, 6.45) is 7.04. The standard InChI is InChI=1S/C25H32ClFN2O2/c26-19-3-1-2-18(14-19)15-28-13-12-24(22-5-4-20(27)16-29-22)11-8-23(31)25(17-24)9-6-21(30)7-10-25/h1-5,14,16,21,23,28,30-31H,6-13,15,17H2. The Bertz CT molecular complexity index is 870. The number of aliphatic hydroxyl groups is 2. The fourth-order valence-corrected chi connectivity index (χ4v) is 5.96. The molecule has 2 unspecified atom stereocenters. The molecule has 2 atom stereocenters. The second-order valence-corrected chi connectivity index (χ2v) is 9.96. The molecule has 2 fully saturated rings. The molecule has 1 heterocycles. The molecule has 2 aromatic rings. The molecule has 1 aromatic carbocycles. The molecule has 168 valence electrons. The Morgan fingerprint density at radius 3 is 2.61 bits per heavy atom. The normalized spacial score (nSPS) is 31.1. The Morgan fingerprint density at radius 1 is 1.10 bits per heavy atom. The number of hydrogen-bond acceptors (Lipinski definition) is 4. The monoisotopic (exact) mass is 446 g/mol. The maximum atomic E-state index is 13.6. The summed E-state index contributed by atoms with van der Waals surface area (Å²) in [5, 5.41) is 25.2. The molecule has 1 aromatic heterocycles. The number of rotatable bonds is 6. The largest absolute Gasteiger partial charge is 0.393 e. The quantitative estimate of drug-likeness (QED) is 0.560. The molecule has 0 saturated heterocycles. The first-order chi connectivity index (χ1) is 14.9. The van der Waals surface area contributed by atoms with E-state index in [1.54, 1.807) is 0 Å². The number of halogens is 2. The van der Waals surface area contributed by atoms with Crippen molar-refractivity contribution in [3.8, 4) is 0 Å². The Morgan fingerprint density at radius 2 is 1.90 bits per heavy atom. The van der Waals surface area contributed by atoms with Gasteiger partial charge in [-0.05, 0) is 93.2 Å². The number of hydrogen-bond donors (Lipinski definition) is 3. The SMILES string of the molecule is OC1CCC2(CC1)CC(CCNCc1cccc(Cl)c1)(c1ccc(F)cn1)CCC2O. The molecule has 31 heavy (non-hydrogen) atoms. The molecule has 3 N–H and O–H groups in total. The lowest BCUT2D eigenvalue weighted by molar-refractivity contribution is -0.0831. The van der Waals surface area contributed by atoms with Crippen molar-refractivity contribution in [2.45, 2.75) is 75.5 Å². The van der Waals surface area contributed by atoms with Crippen LogP contribution < -0.4 is 5.32 Å². The van der Waals surface area contributed by atoms with Gasteiger partial charge in [-0.25, -0.2) is 4.39 Å². The molecular formula is C25H32ClFN2O2. The average Bonchev–Trinajstić information content (AvgIpc) is 2.76. The van der Waals surface area contributed by atoms with Crippen LogP contribution in [-0.2, 0) is 12.0 Å². The Hall–Kier alpha value is -1.53. The van der Waals surface area contributed by atoms with Crippen LogP contribution in [0.2, 0.25) is 5.02 Å². The fraction of sp³-hybridized carbons (Fsp3) is 0.560. The third-order valence-electron chi connectivity index (χ3n) is 7.51. The average molecular weight is 447 g/mol. The molecule has 2 aliphatic carbocycles. The topological polar surface area (TPSA) is 65.4 Å². The van der Waals surface area contributed by atoms with Crippen molar-refractivity contribution in [2.75, 3.05) is 6.54 Å². The summed E-state index contributed by atoms with van der Waals surface area (Å²) in [7, 11) is 0. The number of nitrogens with one attached hydrogen (secondary N) is 1. The summed E-state index contributed by atoms with van der Waals surface area (Å²) in [5.74, 6) is -0.329. The third-order valence-corrected chi connectivity index (χ3v) is 7.75. The van der Waals surface area contributed by atoms with Crippen LogP contribution >= 0.6 is 11.6 Å². The number of pyridine rings is 1. The van der Waals surface area contributed by atoms with E-state index in [1.165, 1.54) is 12.3 Å². The molecule has 0 radical (unpaired) electrons. The molecule has 0 bridgehead atoms. The van der Waals surface area contributed by atoms with Crippen molar-refractivity contribution in [1.82, 2.24) is 10.3 Å². The molecule has 0 aliphatic heterocycles. The molecule has 4 nitrogen and oxygen atoms in total. The van der Waals surface area contributed by atoms with E-state index < -0.39 is 0 Å². The Kier molecular flexibility index (Phi) is 6.97. The summed E-state index contributed by atoms with van der Waals surface area (Å²) in [6.45, 7) is 1.52. The third kappa shape index (κ3) is 5.11. The lowest BCUT2D eigenvalue weighted by Crippen LogP contribution is -2.51. The van der Waals surface area contributed by atoms with Crippen molar-refractivity contribution >= 4 is 11.6 Å². The molecular weight excluding hydrogens is 415 g/mol. The molecule has 4 rings (SSSR count). The molecule has 6 heteroatoms. The van der Waals surface area contributed by atoms with Gasteiger partial charge in [-0.15, -0.1) is 0 Å². The minimum atomic E-state index is -0.354. The Labute approximate surface area is 188 Å². The van der Waals surface area contributed by atoms with Gasteiger partial charge in [0, 0.05) is 22.7 Å². The van der Waals surface area contributed by atoms with Gasteiger partial charge in [-0.1, -0.05) is 23.7 Å². The highest BCUT2D eigenvalue weighted by Crippen LogP contribution is 2.55. The number of aromatic nitrogens is 1. The first kappa shape index (κ1) is 22.7. The maximum absolute atomic E-state index is 13.6. The zero-order valence-electron chi connectivity index (χ0n) is 17.9. The van der Waals surface area contributed by atoms with Gasteiger partial charge in [-0.3, -0.25) is 4.98 Å². The fourth-order valence-electron chi connectivity index (χ4n) is 5.74. The smallest absolute Gasteiger partial charge is 0.141 e. The van der Waals surface area contributed by atoms with Crippen LogP contribution in [0, 0.1) is 11.2 Å². The van der Waals surface area contributed by atoms with Crippen molar-refractivity contribution in [3.05, 3.63) is 64.7 Å². The van der Waals surface area contributed by atoms with Crippen molar-refractivity contribution in [2.24, 2.45) is 5.41 Å². The van der Waals surface area contributed by atoms with Crippen LogP contribution in [0.1, 0.15) is 62.6 Å². The van der Waals surface area contributed by atoms with E-state index in [1.807, 2.05) is 24.3 Å². The second-order valence-electron chi connectivity index (χ2n) is 9.52. The zero-order chi connectivity index (χ0) is 21.9. The van der Waals surface area contributed by atoms with Gasteiger partial charge in [0.25, 0.3) is 0 Å². The minimum absolute atomic E-state index is 0.194. The molecule has 1 spiro atoms. The van der Waals surface area contributed by atoms with E-state index in [0.29, 0.717) is 6.42 Å². The number of nitrogens with zero attached hydrogens (tertiary/aromatic N) is 1. The van der Waals surface area contributed by atoms with Gasteiger partial charge >= 0.3 is 0 Å². The van der Waals surface area contributed by atoms with Crippen LogP contribution in [0.5, 0.6) is 0 Å². The van der Waals surface area contributed by atoms with Crippen molar-refractivity contribution < 1.29 is 14.6 Å². The van der Waals surface area contributed by atoms with Gasteiger partial charge in [-0.2, -0.15) is 0 Å². The number of benzene rings is 1. The van der Waals surface area contributed by atoms with Gasteiger partial charge < -0.3 is 15.5 Å². The first-order valence-corrected chi connectivity index (χ1v) is 11.7. The first-order valence-electron chi connectivity index (χ1n) is 11.3. The van der Waals surface area contributed by atoms with Crippen LogP contribution in [-0.4, -0.2) is 33.9 Å². The van der Waals surface area contributed by atoms with Crippen molar-refractivity contribution in [1.29, 1.82) is 0 Å². The summed E-state index contributed by atoms with van der Waals surface area (Å²) in [4.78, 5) is 4.49. The Balaban J connectivity index is 1.51. The van der Waals surface area contributed by atoms with Gasteiger partial charge in [0.2, 0.25) is 0 Å². The predicted molar refractivity (Wildman–Crippen MR) is 120 cm³/mol. The van der Waals surface area contributed by atoms with E-state index in [-0.39, 0.29) is 28.9 Å². The molecule has 2 saturated carbocycles. The van der Waals surface area contributed by atoms with E-state index in [9.17, 15) is 14.6 Å². The van der Waals surface area contributed by atoms with E-state index in [0.717, 1.165) is 74.3 Å². The highest BCUT2D eigenvalue weighted by Gasteiger charge is 2.51. The minimum Gasteiger partial charge on any atom is -0.393 e. The lowest BCUT2D eigenvalue weighted by atomic mass is 9.54. The molecule has 0 amide bonds. The second kappa shape index (κ2) is 9.53. The number of aliphatic hydroxyl groups excluding tert-OH is 2. The van der Waals surface area contributed by atoms with Crippen molar-refractivity contribution in [3.63, 3.8) is 0 Å². The summed E-state index contributed by atoms with van der Waals surface area (Å²) >= 11 is 6.09. The highest BCUT2D eigenvalue weighted by atomic mass is 35.5. The lowest BCUT2D eigenvalue weighted by Gasteiger charge is -2.53. The van der Waals surface area contributed by atoms with E-state index >= 15 is 0 Å². The van der Waals surface area contributed by atoms with Crippen LogP contribution in [0.15, 0.2) is 42.6 Å². The molecule has 2 aliphatic rings. The van der Waals surface area contributed by atoms with Crippen LogP contribution in [0.4, 0.5) is 4.39 Å².